The van der Waals surface area contributed by atoms with Crippen LogP contribution in [0.3, 0.4) is 0 Å². The molecule has 1 aliphatic carbocycles. The van der Waals surface area contributed by atoms with Crippen molar-refractivity contribution in [1.29, 1.82) is 0 Å². The van der Waals surface area contributed by atoms with Gasteiger partial charge in [0.15, 0.2) is 6.61 Å². The first kappa shape index (κ1) is 15.1. The molecular formula is C17H17NO5. The van der Waals surface area contributed by atoms with Crippen LogP contribution in [0.15, 0.2) is 34.7 Å². The molecule has 0 aliphatic heterocycles. The molecule has 0 spiro atoms. The molecule has 1 amide bonds. The number of hydrogen-bond acceptors (Lipinski definition) is 4. The summed E-state index contributed by atoms with van der Waals surface area (Å²) < 4.78 is 10.5. The van der Waals surface area contributed by atoms with Gasteiger partial charge in [0.2, 0.25) is 5.76 Å². The minimum Gasteiger partial charge on any atom is -0.484 e. The summed E-state index contributed by atoms with van der Waals surface area (Å²) in [5, 5.41) is 11.4. The van der Waals surface area contributed by atoms with Crippen LogP contribution in [0, 0.1) is 0 Å². The van der Waals surface area contributed by atoms with E-state index in [1.807, 2.05) is 18.2 Å². The van der Waals surface area contributed by atoms with E-state index in [1.165, 1.54) is 29.7 Å². The molecule has 2 N–H and O–H groups in total. The van der Waals surface area contributed by atoms with E-state index in [1.54, 1.807) is 0 Å². The highest BCUT2D eigenvalue weighted by molar-refractivity contribution is 5.84. The fourth-order valence-electron chi connectivity index (χ4n) is 2.61. The van der Waals surface area contributed by atoms with E-state index in [2.05, 4.69) is 5.32 Å². The van der Waals surface area contributed by atoms with Crippen molar-refractivity contribution in [3.63, 3.8) is 0 Å². The summed E-state index contributed by atoms with van der Waals surface area (Å²) in [6.07, 6.45) is 3.33. The van der Waals surface area contributed by atoms with Crippen LogP contribution in [0.1, 0.15) is 33.9 Å². The monoisotopic (exact) mass is 315 g/mol. The topological polar surface area (TPSA) is 88.8 Å². The Hall–Kier alpha value is -2.76. The maximum Gasteiger partial charge on any atom is 0.371 e. The van der Waals surface area contributed by atoms with Crippen LogP contribution in [0.2, 0.25) is 0 Å². The first-order chi connectivity index (χ1) is 11.1. The number of hydrogen-bond donors (Lipinski definition) is 2. The molecular weight excluding hydrogens is 298 g/mol. The lowest BCUT2D eigenvalue weighted by Gasteiger charge is -2.08. The van der Waals surface area contributed by atoms with Crippen molar-refractivity contribution in [2.45, 2.75) is 25.8 Å². The first-order valence-electron chi connectivity index (χ1n) is 7.45. The summed E-state index contributed by atoms with van der Waals surface area (Å²) in [5.41, 5.74) is 2.65. The summed E-state index contributed by atoms with van der Waals surface area (Å²) in [6, 6.07) is 8.78. The SMILES string of the molecule is O=C(COc1ccc2c(c1)CCC2)NCc1ccc(C(=O)O)o1. The van der Waals surface area contributed by atoms with E-state index in [9.17, 15) is 9.59 Å². The van der Waals surface area contributed by atoms with Gasteiger partial charge in [-0.2, -0.15) is 0 Å². The number of fused-ring (bicyclic) bond motifs is 1. The van der Waals surface area contributed by atoms with Crippen LogP contribution < -0.4 is 10.1 Å². The van der Waals surface area contributed by atoms with Crippen LogP contribution in [-0.2, 0) is 24.2 Å². The largest absolute Gasteiger partial charge is 0.484 e. The Morgan fingerprint density at radius 2 is 2.00 bits per heavy atom. The fourth-order valence-corrected chi connectivity index (χ4v) is 2.61. The molecule has 1 aromatic carbocycles. The number of carbonyl (C=O) groups excluding carboxylic acids is 1. The number of amides is 1. The highest BCUT2D eigenvalue weighted by atomic mass is 16.5. The highest BCUT2D eigenvalue weighted by Gasteiger charge is 2.12. The Labute approximate surface area is 133 Å². The van der Waals surface area contributed by atoms with E-state index < -0.39 is 5.97 Å². The lowest BCUT2D eigenvalue weighted by Crippen LogP contribution is -2.28. The molecule has 0 fully saturated rings. The van der Waals surface area contributed by atoms with Gasteiger partial charge in [0, 0.05) is 0 Å². The number of carbonyl (C=O) groups is 2. The Kier molecular flexibility index (Phi) is 4.32. The van der Waals surface area contributed by atoms with Crippen molar-refractivity contribution in [3.05, 3.63) is 53.0 Å². The minimum atomic E-state index is -1.14. The van der Waals surface area contributed by atoms with Gasteiger partial charge in [-0.1, -0.05) is 6.07 Å². The minimum absolute atomic E-state index is 0.0920. The van der Waals surface area contributed by atoms with Gasteiger partial charge in [0.25, 0.3) is 5.91 Å². The molecule has 0 unspecified atom stereocenters. The number of benzene rings is 1. The zero-order chi connectivity index (χ0) is 16.2. The number of aromatic carboxylic acids is 1. The second kappa shape index (κ2) is 6.56. The van der Waals surface area contributed by atoms with E-state index in [4.69, 9.17) is 14.3 Å². The molecule has 3 rings (SSSR count). The van der Waals surface area contributed by atoms with E-state index >= 15 is 0 Å². The lowest BCUT2D eigenvalue weighted by atomic mass is 10.1. The van der Waals surface area contributed by atoms with Crippen molar-refractivity contribution in [1.82, 2.24) is 5.32 Å². The highest BCUT2D eigenvalue weighted by Crippen LogP contribution is 2.25. The average molecular weight is 315 g/mol. The van der Waals surface area contributed by atoms with Gasteiger partial charge in [-0.05, 0) is 54.7 Å². The standard InChI is InChI=1S/C17H17NO5/c19-16(18-9-14-6-7-15(23-14)17(20)21)10-22-13-5-4-11-2-1-3-12(11)8-13/h4-8H,1-3,9-10H2,(H,18,19)(H,20,21). The van der Waals surface area contributed by atoms with Gasteiger partial charge in [0.1, 0.15) is 11.5 Å². The molecule has 120 valence electrons. The van der Waals surface area contributed by atoms with Crippen molar-refractivity contribution < 1.29 is 23.8 Å². The molecule has 6 heteroatoms. The number of nitrogens with one attached hydrogen (secondary N) is 1. The Morgan fingerprint density at radius 3 is 2.78 bits per heavy atom. The van der Waals surface area contributed by atoms with Gasteiger partial charge in [-0.15, -0.1) is 0 Å². The molecule has 1 aromatic heterocycles. The van der Waals surface area contributed by atoms with Crippen LogP contribution in [0.5, 0.6) is 5.75 Å². The predicted molar refractivity (Wildman–Crippen MR) is 81.5 cm³/mol. The molecule has 23 heavy (non-hydrogen) atoms. The number of carboxylic acids is 1. The van der Waals surface area contributed by atoms with E-state index in [-0.39, 0.29) is 24.8 Å². The normalized spacial score (nSPS) is 12.7. The van der Waals surface area contributed by atoms with Gasteiger partial charge in [-0.25, -0.2) is 4.79 Å². The van der Waals surface area contributed by atoms with E-state index in [0.29, 0.717) is 11.5 Å². The second-order valence-electron chi connectivity index (χ2n) is 5.42. The molecule has 0 saturated carbocycles. The smallest absolute Gasteiger partial charge is 0.371 e. The summed E-state index contributed by atoms with van der Waals surface area (Å²) in [4.78, 5) is 22.5. The Morgan fingerprint density at radius 1 is 1.17 bits per heavy atom. The van der Waals surface area contributed by atoms with Crippen LogP contribution in [-0.4, -0.2) is 23.6 Å². The number of furan rings is 1. The quantitative estimate of drug-likeness (QED) is 0.853. The third-order valence-electron chi connectivity index (χ3n) is 3.77. The van der Waals surface area contributed by atoms with Gasteiger partial charge in [0.05, 0.1) is 6.54 Å². The van der Waals surface area contributed by atoms with Crippen LogP contribution >= 0.6 is 0 Å². The summed E-state index contributed by atoms with van der Waals surface area (Å²) >= 11 is 0. The molecule has 6 nitrogen and oxygen atoms in total. The average Bonchev–Trinajstić information content (AvgIpc) is 3.19. The van der Waals surface area contributed by atoms with Crippen molar-refractivity contribution in [2.24, 2.45) is 0 Å². The molecule has 1 aliphatic rings. The molecule has 0 atom stereocenters. The third kappa shape index (κ3) is 3.71. The van der Waals surface area contributed by atoms with Gasteiger partial charge < -0.3 is 19.6 Å². The molecule has 1 heterocycles. The first-order valence-corrected chi connectivity index (χ1v) is 7.45. The molecule has 0 bridgehead atoms. The number of ether oxygens (including phenoxy) is 1. The maximum absolute atomic E-state index is 11.8. The number of aryl methyl sites for hydroxylation is 2. The van der Waals surface area contributed by atoms with Crippen molar-refractivity contribution in [3.8, 4) is 5.75 Å². The van der Waals surface area contributed by atoms with E-state index in [0.717, 1.165) is 12.8 Å². The number of rotatable bonds is 6. The summed E-state index contributed by atoms with van der Waals surface area (Å²) in [6.45, 7) is 0.0327. The van der Waals surface area contributed by atoms with Crippen LogP contribution in [0.4, 0.5) is 0 Å². The van der Waals surface area contributed by atoms with Crippen molar-refractivity contribution in [2.75, 3.05) is 6.61 Å². The van der Waals surface area contributed by atoms with Gasteiger partial charge >= 0.3 is 5.97 Å². The maximum atomic E-state index is 11.8. The van der Waals surface area contributed by atoms with Gasteiger partial charge in [-0.3, -0.25) is 4.79 Å². The molecule has 2 aromatic rings. The predicted octanol–water partition coefficient (Wildman–Crippen LogP) is 2.16. The zero-order valence-corrected chi connectivity index (χ0v) is 12.5. The zero-order valence-electron chi connectivity index (χ0n) is 12.5. The Balaban J connectivity index is 1.46. The van der Waals surface area contributed by atoms with Crippen LogP contribution in [0.25, 0.3) is 0 Å². The third-order valence-corrected chi connectivity index (χ3v) is 3.77. The fraction of sp³-hybridized carbons (Fsp3) is 0.294. The number of carboxylic acid groups (broad SMARTS) is 1. The Bertz CT molecular complexity index is 734. The molecule has 0 saturated heterocycles. The lowest BCUT2D eigenvalue weighted by molar-refractivity contribution is -0.123. The molecule has 0 radical (unpaired) electrons. The second-order valence-corrected chi connectivity index (χ2v) is 5.42. The summed E-state index contributed by atoms with van der Waals surface area (Å²) in [5.74, 6) is -0.509. The van der Waals surface area contributed by atoms with Crippen molar-refractivity contribution >= 4 is 11.9 Å². The summed E-state index contributed by atoms with van der Waals surface area (Å²) in [7, 11) is 0.